The fourth-order valence-electron chi connectivity index (χ4n) is 5.53. The number of methoxy groups -OCH3 is 1. The molecular formula is C29H39N3O6. The van der Waals surface area contributed by atoms with Gasteiger partial charge in [0.05, 0.1) is 32.2 Å². The van der Waals surface area contributed by atoms with Gasteiger partial charge in [0, 0.05) is 38.5 Å². The standard InChI is InChI=1S/C29H39N3O6/c1-3-4-13-31(14-12-30)27(33)18-32-17-22(20-9-10-24-21(16-20)11-15-37-24)28(29(34)35)23(32)19-38-26-8-6-5-7-25(26)36-2/h5-10,16,22-23,28H,3-4,11-15,17-19,30H2,1-2H3,(H,34,35)/t22-,23+,28?/m1/s1. The summed E-state index contributed by atoms with van der Waals surface area (Å²) in [6, 6.07) is 12.7. The number of para-hydroxylation sites is 2. The van der Waals surface area contributed by atoms with Crippen molar-refractivity contribution in [1.82, 2.24) is 9.80 Å². The Morgan fingerprint density at radius 1 is 1.18 bits per heavy atom. The molecule has 0 aromatic heterocycles. The number of amides is 1. The van der Waals surface area contributed by atoms with Crippen LogP contribution < -0.4 is 19.9 Å². The maximum absolute atomic E-state index is 13.4. The number of carboxylic acid groups (broad SMARTS) is 1. The maximum atomic E-state index is 13.4. The second kappa shape index (κ2) is 13.0. The van der Waals surface area contributed by atoms with Crippen LogP contribution in [0.25, 0.3) is 0 Å². The number of carbonyl (C=O) groups is 2. The Kier molecular flexibility index (Phi) is 9.47. The number of carboxylic acids is 1. The lowest BCUT2D eigenvalue weighted by atomic mass is 9.84. The number of nitrogens with two attached hydrogens (primary N) is 1. The van der Waals surface area contributed by atoms with E-state index in [0.717, 1.165) is 36.1 Å². The van der Waals surface area contributed by atoms with Gasteiger partial charge in [-0.3, -0.25) is 14.5 Å². The Morgan fingerprint density at radius 2 is 1.97 bits per heavy atom. The first kappa shape index (κ1) is 27.7. The minimum Gasteiger partial charge on any atom is -0.493 e. The van der Waals surface area contributed by atoms with Gasteiger partial charge in [0.15, 0.2) is 11.5 Å². The van der Waals surface area contributed by atoms with Crippen LogP contribution in [0.15, 0.2) is 42.5 Å². The van der Waals surface area contributed by atoms with Crippen LogP contribution in [0.2, 0.25) is 0 Å². The first-order valence-electron chi connectivity index (χ1n) is 13.4. The lowest BCUT2D eigenvalue weighted by Crippen LogP contribution is -2.47. The van der Waals surface area contributed by atoms with Crippen LogP contribution in [0.5, 0.6) is 17.2 Å². The van der Waals surface area contributed by atoms with E-state index in [-0.39, 0.29) is 25.0 Å². The molecule has 2 aromatic rings. The number of aliphatic carboxylic acids is 1. The Hall–Kier alpha value is -3.30. The van der Waals surface area contributed by atoms with Gasteiger partial charge in [-0.2, -0.15) is 0 Å². The average molecular weight is 526 g/mol. The van der Waals surface area contributed by atoms with Gasteiger partial charge < -0.3 is 30.0 Å². The number of likely N-dealkylation sites (tertiary alicyclic amines) is 1. The Morgan fingerprint density at radius 3 is 2.68 bits per heavy atom. The first-order valence-corrected chi connectivity index (χ1v) is 13.4. The van der Waals surface area contributed by atoms with E-state index in [1.54, 1.807) is 24.1 Å². The van der Waals surface area contributed by atoms with E-state index < -0.39 is 17.9 Å². The molecule has 4 rings (SSSR count). The number of nitrogens with zero attached hydrogens (tertiary/aromatic N) is 2. The molecule has 0 radical (unpaired) electrons. The third-order valence-electron chi connectivity index (χ3n) is 7.53. The maximum Gasteiger partial charge on any atom is 0.308 e. The predicted octanol–water partition coefficient (Wildman–Crippen LogP) is 2.77. The van der Waals surface area contributed by atoms with Gasteiger partial charge in [0.25, 0.3) is 0 Å². The van der Waals surface area contributed by atoms with Crippen LogP contribution in [0.4, 0.5) is 0 Å². The minimum atomic E-state index is -0.903. The molecule has 1 amide bonds. The fraction of sp³-hybridized carbons (Fsp3) is 0.517. The summed E-state index contributed by atoms with van der Waals surface area (Å²) in [6.07, 6.45) is 2.67. The van der Waals surface area contributed by atoms with E-state index in [9.17, 15) is 14.7 Å². The molecule has 9 nitrogen and oxygen atoms in total. The molecule has 3 N–H and O–H groups in total. The third-order valence-corrected chi connectivity index (χ3v) is 7.53. The van der Waals surface area contributed by atoms with Crippen molar-refractivity contribution in [3.05, 3.63) is 53.6 Å². The van der Waals surface area contributed by atoms with Crippen molar-refractivity contribution < 1.29 is 28.9 Å². The molecule has 0 bridgehead atoms. The largest absolute Gasteiger partial charge is 0.493 e. The lowest BCUT2D eigenvalue weighted by Gasteiger charge is -2.29. The quantitative estimate of drug-likeness (QED) is 0.410. The molecule has 1 saturated heterocycles. The summed E-state index contributed by atoms with van der Waals surface area (Å²) in [4.78, 5) is 29.9. The Balaban J connectivity index is 1.62. The lowest BCUT2D eigenvalue weighted by molar-refractivity contribution is -0.144. The molecule has 3 atom stereocenters. The van der Waals surface area contributed by atoms with Crippen LogP contribution >= 0.6 is 0 Å². The molecule has 0 saturated carbocycles. The third kappa shape index (κ3) is 6.22. The molecule has 206 valence electrons. The van der Waals surface area contributed by atoms with E-state index in [0.29, 0.717) is 44.3 Å². The molecule has 0 aliphatic carbocycles. The minimum absolute atomic E-state index is 0.0432. The second-order valence-electron chi connectivity index (χ2n) is 9.92. The summed E-state index contributed by atoms with van der Waals surface area (Å²) in [5.74, 6) is -0.0267. The zero-order valence-corrected chi connectivity index (χ0v) is 22.3. The van der Waals surface area contributed by atoms with Crippen LogP contribution in [0.1, 0.15) is 36.8 Å². The highest BCUT2D eigenvalue weighted by Crippen LogP contribution is 2.40. The molecule has 2 aromatic carbocycles. The molecule has 0 spiro atoms. The summed E-state index contributed by atoms with van der Waals surface area (Å²) in [7, 11) is 1.57. The number of benzene rings is 2. The number of carbonyl (C=O) groups excluding carboxylic acids is 1. The SMILES string of the molecule is CCCCN(CCN)C(=O)CN1C[C@H](c2ccc3c(c2)CCO3)C(C(=O)O)[C@@H]1COc1ccccc1OC. The summed E-state index contributed by atoms with van der Waals surface area (Å²) >= 11 is 0. The molecular weight excluding hydrogens is 486 g/mol. The van der Waals surface area contributed by atoms with Crippen molar-refractivity contribution in [2.24, 2.45) is 11.7 Å². The smallest absolute Gasteiger partial charge is 0.308 e. The predicted molar refractivity (Wildman–Crippen MR) is 144 cm³/mol. The average Bonchev–Trinajstić information content (AvgIpc) is 3.54. The van der Waals surface area contributed by atoms with Crippen LogP contribution in [0.3, 0.4) is 0 Å². The Labute approximate surface area is 224 Å². The van der Waals surface area contributed by atoms with Gasteiger partial charge in [-0.15, -0.1) is 0 Å². The molecule has 2 heterocycles. The van der Waals surface area contributed by atoms with Crippen LogP contribution in [0, 0.1) is 5.92 Å². The van der Waals surface area contributed by atoms with E-state index in [1.807, 2.05) is 29.2 Å². The van der Waals surface area contributed by atoms with Gasteiger partial charge in [-0.1, -0.05) is 37.6 Å². The van der Waals surface area contributed by atoms with Gasteiger partial charge in [-0.05, 0) is 35.7 Å². The highest BCUT2D eigenvalue weighted by atomic mass is 16.5. The summed E-state index contributed by atoms with van der Waals surface area (Å²) in [5, 5.41) is 10.4. The fourth-order valence-corrected chi connectivity index (χ4v) is 5.53. The number of rotatable bonds is 13. The summed E-state index contributed by atoms with van der Waals surface area (Å²) in [6.45, 7) is 4.88. The van der Waals surface area contributed by atoms with E-state index in [1.165, 1.54) is 0 Å². The van der Waals surface area contributed by atoms with Crippen molar-refractivity contribution in [3.8, 4) is 17.2 Å². The van der Waals surface area contributed by atoms with E-state index in [2.05, 4.69) is 13.0 Å². The van der Waals surface area contributed by atoms with Crippen molar-refractivity contribution >= 4 is 11.9 Å². The molecule has 2 aliphatic rings. The topological polar surface area (TPSA) is 115 Å². The van der Waals surface area contributed by atoms with Crippen LogP contribution in [-0.4, -0.2) is 85.9 Å². The molecule has 1 unspecified atom stereocenters. The van der Waals surface area contributed by atoms with Gasteiger partial charge >= 0.3 is 5.97 Å². The van der Waals surface area contributed by atoms with Crippen molar-refractivity contribution in [2.45, 2.75) is 38.1 Å². The van der Waals surface area contributed by atoms with Crippen molar-refractivity contribution in [3.63, 3.8) is 0 Å². The number of ether oxygens (including phenoxy) is 3. The summed E-state index contributed by atoms with van der Waals surface area (Å²) < 4.78 is 17.2. The zero-order valence-electron chi connectivity index (χ0n) is 22.3. The molecule has 2 aliphatic heterocycles. The van der Waals surface area contributed by atoms with E-state index in [4.69, 9.17) is 19.9 Å². The first-order chi connectivity index (χ1) is 18.5. The highest BCUT2D eigenvalue weighted by molar-refractivity contribution is 5.79. The Bertz CT molecular complexity index is 1110. The van der Waals surface area contributed by atoms with Crippen LogP contribution in [-0.2, 0) is 16.0 Å². The summed E-state index contributed by atoms with van der Waals surface area (Å²) in [5.41, 5.74) is 7.83. The van der Waals surface area contributed by atoms with Gasteiger partial charge in [-0.25, -0.2) is 0 Å². The van der Waals surface area contributed by atoms with Crippen molar-refractivity contribution in [1.29, 1.82) is 0 Å². The number of fused-ring (bicyclic) bond motifs is 1. The monoisotopic (exact) mass is 525 g/mol. The number of unbranched alkanes of at least 4 members (excludes halogenated alkanes) is 1. The molecule has 38 heavy (non-hydrogen) atoms. The van der Waals surface area contributed by atoms with E-state index >= 15 is 0 Å². The number of hydrogen-bond acceptors (Lipinski definition) is 7. The normalized spacial score (nSPS) is 20.6. The van der Waals surface area contributed by atoms with Gasteiger partial charge in [0.1, 0.15) is 12.4 Å². The molecule has 9 heteroatoms. The van der Waals surface area contributed by atoms with Gasteiger partial charge in [0.2, 0.25) is 5.91 Å². The second-order valence-corrected chi connectivity index (χ2v) is 9.92. The molecule has 1 fully saturated rings. The van der Waals surface area contributed by atoms with Crippen molar-refractivity contribution in [2.75, 3.05) is 53.0 Å². The zero-order chi connectivity index (χ0) is 27.1. The number of hydrogen-bond donors (Lipinski definition) is 2. The highest BCUT2D eigenvalue weighted by Gasteiger charge is 2.48.